The lowest BCUT2D eigenvalue weighted by Crippen LogP contribution is -2.48. The lowest BCUT2D eigenvalue weighted by Gasteiger charge is -2.35. The van der Waals surface area contributed by atoms with E-state index in [1.807, 2.05) is 0 Å². The quantitative estimate of drug-likeness (QED) is 0.793. The normalized spacial score (nSPS) is 34.2. The molecule has 2 rings (SSSR count). The van der Waals surface area contributed by atoms with Gasteiger partial charge in [-0.25, -0.2) is 0 Å². The number of nitrogens with one attached hydrogen (secondary N) is 1. The monoisotopic (exact) mass is 228 g/mol. The number of hydrogen-bond acceptors (Lipinski definition) is 3. The fourth-order valence-electron chi connectivity index (χ4n) is 2.70. The molecule has 15 heavy (non-hydrogen) atoms. The summed E-state index contributed by atoms with van der Waals surface area (Å²) in [6.07, 6.45) is 4.24. The van der Waals surface area contributed by atoms with Crippen molar-refractivity contribution in [2.75, 3.05) is 37.7 Å². The molecule has 2 heterocycles. The molecule has 0 amide bonds. The van der Waals surface area contributed by atoms with Gasteiger partial charge in [-0.3, -0.25) is 0 Å². The first-order valence-electron chi connectivity index (χ1n) is 6.42. The van der Waals surface area contributed by atoms with Crippen LogP contribution in [0.25, 0.3) is 0 Å². The van der Waals surface area contributed by atoms with Crippen molar-refractivity contribution in [3.63, 3.8) is 0 Å². The number of nitrogens with zero attached hydrogens (tertiary/aromatic N) is 1. The van der Waals surface area contributed by atoms with Crippen LogP contribution in [0.4, 0.5) is 0 Å². The van der Waals surface area contributed by atoms with Gasteiger partial charge < -0.3 is 10.2 Å². The SMILES string of the molecule is CCC1CCCN(CC2CSCCN2)C1. The van der Waals surface area contributed by atoms with Gasteiger partial charge in [-0.2, -0.15) is 11.8 Å². The zero-order chi connectivity index (χ0) is 10.5. The second-order valence-electron chi connectivity index (χ2n) is 4.90. The first-order valence-corrected chi connectivity index (χ1v) is 7.57. The van der Waals surface area contributed by atoms with Gasteiger partial charge in [-0.05, 0) is 25.3 Å². The molecule has 88 valence electrons. The highest BCUT2D eigenvalue weighted by molar-refractivity contribution is 7.99. The maximum atomic E-state index is 3.64. The van der Waals surface area contributed by atoms with Gasteiger partial charge in [0.05, 0.1) is 0 Å². The van der Waals surface area contributed by atoms with Gasteiger partial charge in [0.1, 0.15) is 0 Å². The Morgan fingerprint density at radius 1 is 1.47 bits per heavy atom. The van der Waals surface area contributed by atoms with Crippen molar-refractivity contribution in [1.82, 2.24) is 10.2 Å². The van der Waals surface area contributed by atoms with Crippen LogP contribution in [0.15, 0.2) is 0 Å². The van der Waals surface area contributed by atoms with Crippen molar-refractivity contribution in [3.8, 4) is 0 Å². The van der Waals surface area contributed by atoms with Crippen LogP contribution in [0.5, 0.6) is 0 Å². The Morgan fingerprint density at radius 3 is 3.13 bits per heavy atom. The van der Waals surface area contributed by atoms with E-state index in [1.165, 1.54) is 56.9 Å². The summed E-state index contributed by atoms with van der Waals surface area (Å²) in [5, 5.41) is 3.64. The molecule has 1 N–H and O–H groups in total. The molecule has 0 bridgehead atoms. The maximum absolute atomic E-state index is 3.64. The third-order valence-electron chi connectivity index (χ3n) is 3.66. The summed E-state index contributed by atoms with van der Waals surface area (Å²) < 4.78 is 0. The van der Waals surface area contributed by atoms with Gasteiger partial charge in [-0.1, -0.05) is 13.3 Å². The van der Waals surface area contributed by atoms with Gasteiger partial charge in [0.15, 0.2) is 0 Å². The number of piperidine rings is 1. The molecule has 2 nitrogen and oxygen atoms in total. The van der Waals surface area contributed by atoms with Gasteiger partial charge >= 0.3 is 0 Å². The summed E-state index contributed by atoms with van der Waals surface area (Å²) >= 11 is 2.11. The Balaban J connectivity index is 1.72. The first-order chi connectivity index (χ1) is 7.38. The lowest BCUT2D eigenvalue weighted by molar-refractivity contribution is 0.160. The van der Waals surface area contributed by atoms with Crippen LogP contribution in [0.2, 0.25) is 0 Å². The highest BCUT2D eigenvalue weighted by Crippen LogP contribution is 2.20. The van der Waals surface area contributed by atoms with Gasteiger partial charge in [0, 0.05) is 37.2 Å². The van der Waals surface area contributed by atoms with Gasteiger partial charge in [0.25, 0.3) is 0 Å². The second-order valence-corrected chi connectivity index (χ2v) is 6.05. The molecule has 0 aliphatic carbocycles. The molecule has 2 atom stereocenters. The molecule has 0 saturated carbocycles. The minimum Gasteiger partial charge on any atom is -0.311 e. The van der Waals surface area contributed by atoms with Crippen LogP contribution in [0.1, 0.15) is 26.2 Å². The molecule has 2 unspecified atom stereocenters. The average molecular weight is 228 g/mol. The molecule has 0 aromatic carbocycles. The molecule has 0 radical (unpaired) electrons. The summed E-state index contributed by atoms with van der Waals surface area (Å²) in [6, 6.07) is 0.749. The Labute approximate surface area is 98.2 Å². The van der Waals surface area contributed by atoms with Gasteiger partial charge in [-0.15, -0.1) is 0 Å². The average Bonchev–Trinajstić information content (AvgIpc) is 2.31. The summed E-state index contributed by atoms with van der Waals surface area (Å²) in [5.74, 6) is 3.58. The van der Waals surface area contributed by atoms with Crippen LogP contribution in [-0.4, -0.2) is 48.6 Å². The Kier molecular flexibility index (Phi) is 4.79. The zero-order valence-corrected chi connectivity index (χ0v) is 10.7. The predicted octanol–water partition coefficient (Wildman–Crippen LogP) is 1.81. The highest BCUT2D eigenvalue weighted by Gasteiger charge is 2.22. The van der Waals surface area contributed by atoms with Crippen molar-refractivity contribution in [1.29, 1.82) is 0 Å². The van der Waals surface area contributed by atoms with Crippen molar-refractivity contribution in [2.24, 2.45) is 5.92 Å². The van der Waals surface area contributed by atoms with Crippen LogP contribution in [-0.2, 0) is 0 Å². The topological polar surface area (TPSA) is 15.3 Å². The molecule has 0 aromatic rings. The number of likely N-dealkylation sites (tertiary alicyclic amines) is 1. The summed E-state index contributed by atoms with van der Waals surface area (Å²) in [7, 11) is 0. The van der Waals surface area contributed by atoms with Crippen molar-refractivity contribution in [2.45, 2.75) is 32.2 Å². The summed E-state index contributed by atoms with van der Waals surface area (Å²) in [6.45, 7) is 7.51. The third-order valence-corrected chi connectivity index (χ3v) is 4.79. The molecule has 2 aliphatic rings. The maximum Gasteiger partial charge on any atom is 0.0285 e. The van der Waals surface area contributed by atoms with Crippen molar-refractivity contribution < 1.29 is 0 Å². The second kappa shape index (κ2) is 6.12. The van der Waals surface area contributed by atoms with E-state index in [-0.39, 0.29) is 0 Å². The number of thioether (sulfide) groups is 1. The molecule has 3 heteroatoms. The van der Waals surface area contributed by atoms with Crippen LogP contribution in [0.3, 0.4) is 0 Å². The van der Waals surface area contributed by atoms with E-state index in [1.54, 1.807) is 0 Å². The standard InChI is InChI=1S/C12H24N2S/c1-2-11-4-3-6-14(8-11)9-12-10-15-7-5-13-12/h11-13H,2-10H2,1H3. The minimum atomic E-state index is 0.749. The largest absolute Gasteiger partial charge is 0.311 e. The molecular weight excluding hydrogens is 204 g/mol. The van der Waals surface area contributed by atoms with E-state index in [2.05, 4.69) is 28.9 Å². The highest BCUT2D eigenvalue weighted by atomic mass is 32.2. The Hall–Kier alpha value is 0.270. The number of rotatable bonds is 3. The van der Waals surface area contributed by atoms with E-state index in [0.29, 0.717) is 0 Å². The first kappa shape index (κ1) is 11.7. The fraction of sp³-hybridized carbons (Fsp3) is 1.00. The Bertz CT molecular complexity index is 180. The summed E-state index contributed by atoms with van der Waals surface area (Å²) in [5.41, 5.74) is 0. The smallest absolute Gasteiger partial charge is 0.0285 e. The van der Waals surface area contributed by atoms with Crippen LogP contribution < -0.4 is 5.32 Å². The summed E-state index contributed by atoms with van der Waals surface area (Å²) in [4.78, 5) is 2.68. The molecule has 2 saturated heterocycles. The third kappa shape index (κ3) is 3.65. The molecule has 2 aliphatic heterocycles. The van der Waals surface area contributed by atoms with E-state index in [4.69, 9.17) is 0 Å². The van der Waals surface area contributed by atoms with E-state index in [0.717, 1.165) is 12.0 Å². The molecular formula is C12H24N2S. The fourth-order valence-corrected chi connectivity index (χ4v) is 3.64. The van der Waals surface area contributed by atoms with Crippen LogP contribution in [0, 0.1) is 5.92 Å². The minimum absolute atomic E-state index is 0.749. The van der Waals surface area contributed by atoms with Crippen molar-refractivity contribution >= 4 is 11.8 Å². The van der Waals surface area contributed by atoms with E-state index >= 15 is 0 Å². The number of hydrogen-bond donors (Lipinski definition) is 1. The molecule has 0 spiro atoms. The van der Waals surface area contributed by atoms with Crippen LogP contribution >= 0.6 is 11.8 Å². The predicted molar refractivity (Wildman–Crippen MR) is 68.6 cm³/mol. The zero-order valence-electron chi connectivity index (χ0n) is 9.87. The Morgan fingerprint density at radius 2 is 2.40 bits per heavy atom. The van der Waals surface area contributed by atoms with Crippen molar-refractivity contribution in [3.05, 3.63) is 0 Å². The van der Waals surface area contributed by atoms with E-state index < -0.39 is 0 Å². The van der Waals surface area contributed by atoms with Gasteiger partial charge in [0.2, 0.25) is 0 Å². The molecule has 2 fully saturated rings. The van der Waals surface area contributed by atoms with E-state index in [9.17, 15) is 0 Å². The molecule has 0 aromatic heterocycles. The lowest BCUT2D eigenvalue weighted by atomic mass is 9.95.